The number of nitrogens with one attached hydrogen (secondary N) is 1. The number of Topliss-reactive ketones (excluding diaryl/α,β-unsaturated/α-hetero) is 1. The average Bonchev–Trinajstić information content (AvgIpc) is 3.10. The topological polar surface area (TPSA) is 96.2 Å². The van der Waals surface area contributed by atoms with Crippen molar-refractivity contribution in [2.75, 3.05) is 42.9 Å². The molecule has 1 aliphatic heterocycles. The van der Waals surface area contributed by atoms with Crippen LogP contribution in [0.1, 0.15) is 17.3 Å². The highest BCUT2D eigenvalue weighted by Crippen LogP contribution is 2.23. The van der Waals surface area contributed by atoms with E-state index in [4.69, 9.17) is 0 Å². The molecule has 2 aromatic heterocycles. The van der Waals surface area contributed by atoms with Gasteiger partial charge in [-0.15, -0.1) is 0 Å². The number of hydrogen-bond donors (Lipinski definition) is 1. The molecule has 1 aliphatic rings. The molecule has 0 atom stereocenters. The van der Waals surface area contributed by atoms with E-state index in [0.717, 1.165) is 43.0 Å². The molecule has 4 rings (SSSR count). The first-order chi connectivity index (χ1) is 14.0. The number of benzene rings is 1. The van der Waals surface area contributed by atoms with E-state index in [2.05, 4.69) is 30.2 Å². The molecule has 0 bridgehead atoms. The summed E-state index contributed by atoms with van der Waals surface area (Å²) in [7, 11) is 1.86. The lowest BCUT2D eigenvalue weighted by Gasteiger charge is -2.35. The lowest BCUT2D eigenvalue weighted by Crippen LogP contribution is -2.49. The normalized spacial score (nSPS) is 14.9. The van der Waals surface area contributed by atoms with Crippen LogP contribution in [0.25, 0.3) is 11.0 Å². The van der Waals surface area contributed by atoms with E-state index in [-0.39, 0.29) is 11.7 Å². The molecule has 1 N–H and O–H groups in total. The van der Waals surface area contributed by atoms with E-state index in [9.17, 15) is 9.59 Å². The molecule has 1 fully saturated rings. The first kappa shape index (κ1) is 19.0. The molecule has 9 heteroatoms. The fourth-order valence-corrected chi connectivity index (χ4v) is 3.51. The van der Waals surface area contributed by atoms with Crippen molar-refractivity contribution in [3.63, 3.8) is 0 Å². The number of carbonyl (C=O) groups excluding carboxylic acids is 2. The van der Waals surface area contributed by atoms with Crippen LogP contribution in [0.2, 0.25) is 0 Å². The zero-order valence-corrected chi connectivity index (χ0v) is 16.5. The van der Waals surface area contributed by atoms with Crippen molar-refractivity contribution in [3.05, 3.63) is 42.4 Å². The van der Waals surface area contributed by atoms with E-state index in [0.29, 0.717) is 17.8 Å². The molecule has 1 amide bonds. The number of fused-ring (bicyclic) bond motifs is 1. The molecule has 1 saturated heterocycles. The Balaban J connectivity index is 1.32. The summed E-state index contributed by atoms with van der Waals surface area (Å²) in [6.07, 6.45) is 3.36. The number of carbonyl (C=O) groups is 2. The Morgan fingerprint density at radius 2 is 1.79 bits per heavy atom. The Hall–Kier alpha value is -3.33. The van der Waals surface area contributed by atoms with Gasteiger partial charge in [-0.2, -0.15) is 5.10 Å². The van der Waals surface area contributed by atoms with Crippen LogP contribution in [0, 0.1) is 0 Å². The minimum absolute atomic E-state index is 0.00740. The first-order valence-electron chi connectivity index (χ1n) is 9.52. The van der Waals surface area contributed by atoms with Crippen LogP contribution in [0.5, 0.6) is 0 Å². The van der Waals surface area contributed by atoms with Gasteiger partial charge in [0.05, 0.1) is 18.1 Å². The maximum absolute atomic E-state index is 12.4. The molecule has 0 spiro atoms. The zero-order valence-electron chi connectivity index (χ0n) is 16.5. The van der Waals surface area contributed by atoms with Crippen molar-refractivity contribution in [3.8, 4) is 0 Å². The Kier molecular flexibility index (Phi) is 5.22. The Morgan fingerprint density at radius 1 is 1.07 bits per heavy atom. The van der Waals surface area contributed by atoms with Crippen LogP contribution in [0.3, 0.4) is 0 Å². The van der Waals surface area contributed by atoms with Crippen LogP contribution in [-0.4, -0.2) is 69.1 Å². The summed E-state index contributed by atoms with van der Waals surface area (Å²) < 4.78 is 1.74. The van der Waals surface area contributed by atoms with Crippen molar-refractivity contribution in [2.24, 2.45) is 7.05 Å². The SMILES string of the molecule is CC(=O)c1ccc(NC(=O)CN2CCN(c3ncnc4c3cnn4C)CC2)cc1. The summed E-state index contributed by atoms with van der Waals surface area (Å²) >= 11 is 0. The highest BCUT2D eigenvalue weighted by Gasteiger charge is 2.22. The second-order valence-corrected chi connectivity index (χ2v) is 7.15. The van der Waals surface area contributed by atoms with Crippen molar-refractivity contribution in [1.82, 2.24) is 24.6 Å². The smallest absolute Gasteiger partial charge is 0.238 e. The van der Waals surface area contributed by atoms with Crippen LogP contribution < -0.4 is 10.2 Å². The molecule has 0 radical (unpaired) electrons. The molecule has 29 heavy (non-hydrogen) atoms. The Morgan fingerprint density at radius 3 is 2.48 bits per heavy atom. The molecule has 0 unspecified atom stereocenters. The van der Waals surface area contributed by atoms with Gasteiger partial charge in [-0.25, -0.2) is 9.97 Å². The van der Waals surface area contributed by atoms with Gasteiger partial charge in [-0.3, -0.25) is 19.2 Å². The molecular formula is C20H23N7O2. The zero-order chi connectivity index (χ0) is 20.4. The number of aryl methyl sites for hydroxylation is 1. The highest BCUT2D eigenvalue weighted by atomic mass is 16.2. The van der Waals surface area contributed by atoms with E-state index in [1.807, 2.05) is 7.05 Å². The first-order valence-corrected chi connectivity index (χ1v) is 9.52. The molecule has 3 aromatic rings. The number of rotatable bonds is 5. The lowest BCUT2D eigenvalue weighted by atomic mass is 10.1. The second kappa shape index (κ2) is 7.96. The van der Waals surface area contributed by atoms with Crippen LogP contribution in [-0.2, 0) is 11.8 Å². The standard InChI is InChI=1S/C20H23N7O2/c1-14(28)15-3-5-16(6-4-15)24-18(29)12-26-7-9-27(10-8-26)20-17-11-23-25(2)19(17)21-13-22-20/h3-6,11,13H,7-10,12H2,1-2H3,(H,24,29). The lowest BCUT2D eigenvalue weighted by molar-refractivity contribution is -0.117. The van der Waals surface area contributed by atoms with Gasteiger partial charge in [-0.1, -0.05) is 0 Å². The fraction of sp³-hybridized carbons (Fsp3) is 0.350. The predicted molar refractivity (Wildman–Crippen MR) is 110 cm³/mol. The summed E-state index contributed by atoms with van der Waals surface area (Å²) in [6, 6.07) is 6.94. The van der Waals surface area contributed by atoms with E-state index in [1.165, 1.54) is 6.92 Å². The van der Waals surface area contributed by atoms with Gasteiger partial charge in [0.25, 0.3) is 0 Å². The number of ketones is 1. The average molecular weight is 393 g/mol. The van der Waals surface area contributed by atoms with Crippen molar-refractivity contribution in [2.45, 2.75) is 6.92 Å². The van der Waals surface area contributed by atoms with Crippen LogP contribution in [0.15, 0.2) is 36.8 Å². The number of nitrogens with zero attached hydrogens (tertiary/aromatic N) is 6. The molecular weight excluding hydrogens is 370 g/mol. The minimum Gasteiger partial charge on any atom is -0.353 e. The number of aromatic nitrogens is 4. The van der Waals surface area contributed by atoms with Gasteiger partial charge >= 0.3 is 0 Å². The third-order valence-corrected chi connectivity index (χ3v) is 5.12. The van der Waals surface area contributed by atoms with Gasteiger partial charge in [0.2, 0.25) is 5.91 Å². The van der Waals surface area contributed by atoms with Crippen molar-refractivity contribution in [1.29, 1.82) is 0 Å². The summed E-state index contributed by atoms with van der Waals surface area (Å²) in [4.78, 5) is 36.8. The Bertz CT molecular complexity index is 1040. The molecule has 3 heterocycles. The summed E-state index contributed by atoms with van der Waals surface area (Å²) in [5.41, 5.74) is 2.14. The van der Waals surface area contributed by atoms with Gasteiger partial charge < -0.3 is 10.2 Å². The Labute approximate surface area is 168 Å². The maximum Gasteiger partial charge on any atom is 0.238 e. The fourth-order valence-electron chi connectivity index (χ4n) is 3.51. The van der Waals surface area contributed by atoms with Gasteiger partial charge in [0.1, 0.15) is 12.1 Å². The summed E-state index contributed by atoms with van der Waals surface area (Å²) in [5.74, 6) is 0.830. The molecule has 1 aromatic carbocycles. The van der Waals surface area contributed by atoms with Gasteiger partial charge in [-0.05, 0) is 31.2 Å². The number of hydrogen-bond acceptors (Lipinski definition) is 7. The third-order valence-electron chi connectivity index (χ3n) is 5.12. The van der Waals surface area contributed by atoms with E-state index < -0.39 is 0 Å². The maximum atomic E-state index is 12.4. The number of amides is 1. The monoisotopic (exact) mass is 393 g/mol. The van der Waals surface area contributed by atoms with Crippen molar-refractivity contribution < 1.29 is 9.59 Å². The van der Waals surface area contributed by atoms with E-state index in [1.54, 1.807) is 41.5 Å². The van der Waals surface area contributed by atoms with E-state index >= 15 is 0 Å². The molecule has 0 aliphatic carbocycles. The second-order valence-electron chi connectivity index (χ2n) is 7.15. The van der Waals surface area contributed by atoms with Gasteiger partial charge in [0.15, 0.2) is 11.4 Å². The summed E-state index contributed by atoms with van der Waals surface area (Å²) in [5, 5.41) is 8.09. The highest BCUT2D eigenvalue weighted by molar-refractivity contribution is 5.96. The predicted octanol–water partition coefficient (Wildman–Crippen LogP) is 1.33. The van der Waals surface area contributed by atoms with Gasteiger partial charge in [0, 0.05) is 44.5 Å². The van der Waals surface area contributed by atoms with Crippen LogP contribution in [0.4, 0.5) is 11.5 Å². The van der Waals surface area contributed by atoms with Crippen LogP contribution >= 0.6 is 0 Å². The quantitative estimate of drug-likeness (QED) is 0.653. The molecule has 150 valence electrons. The number of piperazine rings is 1. The molecule has 9 nitrogen and oxygen atoms in total. The summed E-state index contributed by atoms with van der Waals surface area (Å²) in [6.45, 7) is 4.94. The molecule has 0 saturated carbocycles. The number of anilines is 2. The van der Waals surface area contributed by atoms with Crippen molar-refractivity contribution >= 4 is 34.2 Å². The minimum atomic E-state index is -0.0642. The largest absolute Gasteiger partial charge is 0.353 e. The third kappa shape index (κ3) is 4.09.